The number of Topliss-reactive ketones (excluding diaryl/α,β-unsaturated/α-hetero) is 1. The predicted molar refractivity (Wildman–Crippen MR) is 124 cm³/mol. The van der Waals surface area contributed by atoms with Crippen molar-refractivity contribution in [3.05, 3.63) is 57.3 Å². The van der Waals surface area contributed by atoms with E-state index >= 15 is 4.39 Å². The van der Waals surface area contributed by atoms with Gasteiger partial charge in [0.25, 0.3) is 0 Å². The Bertz CT molecular complexity index is 1280. The zero-order chi connectivity index (χ0) is 28.8. The molecule has 39 heavy (non-hydrogen) atoms. The first-order valence-corrected chi connectivity index (χ1v) is 12.3. The summed E-state index contributed by atoms with van der Waals surface area (Å²) in [5.41, 5.74) is -4.60. The Kier molecular flexibility index (Phi) is 9.30. The SMILES string of the molecule is CCc1ccc(C(=O)C[C@](NC(=O)Cc2nn[nH]n2)(c2ccc(OCCCC(F)(F)F)cc2F)C(F)(F)F)s1. The lowest BCUT2D eigenvalue weighted by atomic mass is 9.83. The molecule has 3 aromatic rings. The molecule has 2 aromatic heterocycles. The molecule has 1 aromatic carbocycles. The molecule has 1 atom stereocenters. The van der Waals surface area contributed by atoms with Crippen molar-refractivity contribution in [2.75, 3.05) is 6.61 Å². The molecule has 1 amide bonds. The monoisotopic (exact) mass is 581 g/mol. The average molecular weight is 582 g/mol. The maximum absolute atomic E-state index is 15.3. The highest BCUT2D eigenvalue weighted by atomic mass is 32.1. The third-order valence-corrected chi connectivity index (χ3v) is 6.80. The zero-order valence-corrected chi connectivity index (χ0v) is 21.1. The molecule has 0 aliphatic carbocycles. The number of aromatic nitrogens is 4. The number of nitrogens with one attached hydrogen (secondary N) is 2. The van der Waals surface area contributed by atoms with Gasteiger partial charge in [0.15, 0.2) is 17.1 Å². The highest BCUT2D eigenvalue weighted by Gasteiger charge is 2.59. The van der Waals surface area contributed by atoms with Gasteiger partial charge in [-0.3, -0.25) is 9.59 Å². The second-order valence-electron chi connectivity index (χ2n) is 8.38. The molecule has 0 aliphatic heterocycles. The van der Waals surface area contributed by atoms with Crippen LogP contribution in [0.2, 0.25) is 0 Å². The minimum Gasteiger partial charge on any atom is -0.493 e. The van der Waals surface area contributed by atoms with E-state index in [1.807, 2.05) is 0 Å². The van der Waals surface area contributed by atoms with Gasteiger partial charge in [-0.25, -0.2) is 4.39 Å². The summed E-state index contributed by atoms with van der Waals surface area (Å²) in [6.45, 7) is 1.32. The van der Waals surface area contributed by atoms with Crippen LogP contribution in [0.15, 0.2) is 30.3 Å². The van der Waals surface area contributed by atoms with Crippen molar-refractivity contribution in [3.8, 4) is 5.75 Å². The minimum absolute atomic E-state index is 0.0158. The number of aromatic amines is 1. The topological polar surface area (TPSA) is 110 Å². The highest BCUT2D eigenvalue weighted by molar-refractivity contribution is 7.14. The first-order valence-electron chi connectivity index (χ1n) is 11.5. The van der Waals surface area contributed by atoms with Crippen molar-refractivity contribution in [2.45, 2.75) is 56.9 Å². The van der Waals surface area contributed by atoms with Crippen LogP contribution in [0.4, 0.5) is 30.7 Å². The maximum atomic E-state index is 15.3. The first kappa shape index (κ1) is 30.0. The average Bonchev–Trinajstić information content (AvgIpc) is 3.52. The molecule has 0 unspecified atom stereocenters. The number of amides is 1. The summed E-state index contributed by atoms with van der Waals surface area (Å²) in [7, 11) is 0. The Hall–Kier alpha value is -3.56. The van der Waals surface area contributed by atoms with Crippen LogP contribution in [0.25, 0.3) is 0 Å². The molecule has 0 fully saturated rings. The van der Waals surface area contributed by atoms with Crippen molar-refractivity contribution in [2.24, 2.45) is 0 Å². The van der Waals surface area contributed by atoms with E-state index in [1.165, 1.54) is 6.07 Å². The number of tetrazole rings is 1. The Balaban J connectivity index is 1.97. The Morgan fingerprint density at radius 3 is 2.41 bits per heavy atom. The van der Waals surface area contributed by atoms with Crippen LogP contribution in [-0.2, 0) is 23.2 Å². The number of H-pyrrole nitrogens is 1. The van der Waals surface area contributed by atoms with Crippen LogP contribution in [0.3, 0.4) is 0 Å². The quantitative estimate of drug-likeness (QED) is 0.176. The number of hydrogen-bond acceptors (Lipinski definition) is 7. The normalized spacial score (nSPS) is 13.6. The van der Waals surface area contributed by atoms with E-state index < -0.39 is 73.3 Å². The second-order valence-corrected chi connectivity index (χ2v) is 9.55. The lowest BCUT2D eigenvalue weighted by molar-refractivity contribution is -0.202. The van der Waals surface area contributed by atoms with Crippen molar-refractivity contribution in [1.82, 2.24) is 25.9 Å². The van der Waals surface area contributed by atoms with E-state index in [-0.39, 0.29) is 16.5 Å². The van der Waals surface area contributed by atoms with E-state index in [9.17, 15) is 35.9 Å². The number of hydrogen-bond donors (Lipinski definition) is 2. The molecule has 0 spiro atoms. The van der Waals surface area contributed by atoms with Crippen molar-refractivity contribution in [1.29, 1.82) is 0 Å². The third kappa shape index (κ3) is 7.74. The molecular weight excluding hydrogens is 559 g/mol. The summed E-state index contributed by atoms with van der Waals surface area (Å²) >= 11 is 0.974. The summed E-state index contributed by atoms with van der Waals surface area (Å²) in [5.74, 6) is -4.33. The molecular formula is C23H22F7N5O3S. The molecule has 0 bridgehead atoms. The van der Waals surface area contributed by atoms with E-state index in [0.29, 0.717) is 18.6 Å². The van der Waals surface area contributed by atoms with Gasteiger partial charge in [-0.1, -0.05) is 12.1 Å². The number of carbonyl (C=O) groups is 2. The number of carbonyl (C=O) groups excluding carboxylic acids is 2. The molecule has 0 radical (unpaired) electrons. The molecule has 0 aliphatic rings. The number of ketones is 1. The standard InChI is InChI=1S/C23H22F7N5O3S/c1-2-14-5-7-18(39-14)17(36)12-21(23(28,29)30,31-20(37)11-19-32-34-35-33-19)15-6-4-13(10-16(15)24)38-9-3-8-22(25,26)27/h4-7,10H,2-3,8-9,11-12H2,1H3,(H,31,37)(H,32,33,34,35)/t21-/m0/s1. The van der Waals surface area contributed by atoms with Gasteiger partial charge < -0.3 is 10.1 Å². The number of ether oxygens (including phenoxy) is 1. The number of benzene rings is 1. The molecule has 212 valence electrons. The first-order chi connectivity index (χ1) is 18.2. The van der Waals surface area contributed by atoms with Gasteiger partial charge in [0, 0.05) is 29.3 Å². The fourth-order valence-electron chi connectivity index (χ4n) is 3.65. The van der Waals surface area contributed by atoms with Gasteiger partial charge >= 0.3 is 12.4 Å². The Labute approximate surface area is 220 Å². The van der Waals surface area contributed by atoms with Crippen molar-refractivity contribution < 1.29 is 45.1 Å². The van der Waals surface area contributed by atoms with Crippen LogP contribution in [0, 0.1) is 5.82 Å². The highest BCUT2D eigenvalue weighted by Crippen LogP contribution is 2.44. The fourth-order valence-corrected chi connectivity index (χ4v) is 4.54. The van der Waals surface area contributed by atoms with Crippen molar-refractivity contribution >= 4 is 23.0 Å². The molecule has 0 saturated carbocycles. The predicted octanol–water partition coefficient (Wildman–Crippen LogP) is 5.07. The largest absolute Gasteiger partial charge is 0.493 e. The molecule has 2 heterocycles. The van der Waals surface area contributed by atoms with Gasteiger partial charge in [-0.05, 0) is 37.1 Å². The lowest BCUT2D eigenvalue weighted by Crippen LogP contribution is -2.58. The van der Waals surface area contributed by atoms with Crippen molar-refractivity contribution in [3.63, 3.8) is 0 Å². The number of nitrogens with zero attached hydrogens (tertiary/aromatic N) is 3. The smallest absolute Gasteiger partial charge is 0.416 e. The van der Waals surface area contributed by atoms with Crippen LogP contribution in [0.1, 0.15) is 52.1 Å². The molecule has 3 rings (SSSR count). The molecule has 16 heteroatoms. The van der Waals surface area contributed by atoms with E-state index in [2.05, 4.69) is 20.6 Å². The summed E-state index contributed by atoms with van der Waals surface area (Å²) < 4.78 is 102. The van der Waals surface area contributed by atoms with E-state index in [4.69, 9.17) is 4.74 Å². The lowest BCUT2D eigenvalue weighted by Gasteiger charge is -2.36. The Morgan fingerprint density at radius 1 is 1.10 bits per heavy atom. The number of aryl methyl sites for hydroxylation is 1. The fraction of sp³-hybridized carbons (Fsp3) is 0.435. The third-order valence-electron chi connectivity index (χ3n) is 5.53. The van der Waals surface area contributed by atoms with E-state index in [1.54, 1.807) is 18.3 Å². The van der Waals surface area contributed by atoms with Crippen LogP contribution in [-0.4, -0.2) is 51.3 Å². The van der Waals surface area contributed by atoms with Crippen LogP contribution >= 0.6 is 11.3 Å². The summed E-state index contributed by atoms with van der Waals surface area (Å²) in [4.78, 5) is 26.4. The summed E-state index contributed by atoms with van der Waals surface area (Å²) in [5, 5.41) is 14.0. The number of rotatable bonds is 12. The molecule has 0 saturated heterocycles. The van der Waals surface area contributed by atoms with Crippen LogP contribution in [0.5, 0.6) is 5.75 Å². The van der Waals surface area contributed by atoms with Gasteiger partial charge in [-0.15, -0.1) is 21.5 Å². The van der Waals surface area contributed by atoms with Crippen LogP contribution < -0.4 is 10.1 Å². The molecule has 8 nitrogen and oxygen atoms in total. The Morgan fingerprint density at radius 2 is 1.85 bits per heavy atom. The summed E-state index contributed by atoms with van der Waals surface area (Å²) in [6, 6.07) is 5.08. The summed E-state index contributed by atoms with van der Waals surface area (Å²) in [6.07, 6.45) is -13.0. The van der Waals surface area contributed by atoms with Gasteiger partial charge in [-0.2, -0.15) is 31.6 Å². The minimum atomic E-state index is -5.38. The maximum Gasteiger partial charge on any atom is 0.416 e. The van der Waals surface area contributed by atoms with Gasteiger partial charge in [0.2, 0.25) is 5.91 Å². The number of halogens is 7. The zero-order valence-electron chi connectivity index (χ0n) is 20.2. The number of thiophene rings is 1. The molecule has 2 N–H and O–H groups in total. The second kappa shape index (κ2) is 12.1. The van der Waals surface area contributed by atoms with E-state index in [0.717, 1.165) is 22.3 Å². The van der Waals surface area contributed by atoms with Gasteiger partial charge in [0.05, 0.1) is 17.9 Å². The number of alkyl halides is 6. The van der Waals surface area contributed by atoms with Gasteiger partial charge in [0.1, 0.15) is 11.6 Å².